The van der Waals surface area contributed by atoms with Crippen LogP contribution in [0.15, 0.2) is 5.28 Å². The van der Waals surface area contributed by atoms with Crippen LogP contribution in [0.3, 0.4) is 0 Å². The van der Waals surface area contributed by atoms with Crippen LogP contribution < -0.4 is 0 Å². The highest BCUT2D eigenvalue weighted by molar-refractivity contribution is 5.73. The van der Waals surface area contributed by atoms with Gasteiger partial charge in [-0.3, -0.25) is 0 Å². The summed E-state index contributed by atoms with van der Waals surface area (Å²) in [5, 5.41) is 14.1. The molecule has 0 aromatic rings. The van der Waals surface area contributed by atoms with Crippen LogP contribution in [-0.4, -0.2) is 30.1 Å². The summed E-state index contributed by atoms with van der Waals surface area (Å²) in [6.07, 6.45) is -0.193. The lowest BCUT2D eigenvalue weighted by Gasteiger charge is -2.07. The van der Waals surface area contributed by atoms with Crippen molar-refractivity contribution < 1.29 is 19.2 Å². The van der Waals surface area contributed by atoms with E-state index in [1.165, 1.54) is 14.0 Å². The summed E-state index contributed by atoms with van der Waals surface area (Å²) < 4.78 is 4.34. The first kappa shape index (κ1) is 11.7. The monoisotopic (exact) mass is 190 g/mol. The van der Waals surface area contributed by atoms with Crippen LogP contribution in [0.25, 0.3) is 0 Å². The molecule has 0 fully saturated rings. The maximum absolute atomic E-state index is 11.0. The van der Waals surface area contributed by atoms with Gasteiger partial charge in [0.15, 0.2) is 0 Å². The van der Waals surface area contributed by atoms with E-state index in [1.54, 1.807) is 13.8 Å². The average molecular weight is 190 g/mol. The van der Waals surface area contributed by atoms with Gasteiger partial charge in [-0.2, -0.15) is 0 Å². The van der Waals surface area contributed by atoms with Gasteiger partial charge in [0, 0.05) is 6.92 Å². The summed E-state index contributed by atoms with van der Waals surface area (Å²) in [7, 11) is 1.20. The Balaban J connectivity index is 4.15. The molecular weight excluding hydrogens is 176 g/mol. The zero-order valence-corrected chi connectivity index (χ0v) is 8.18. The summed E-state index contributed by atoms with van der Waals surface area (Å²) in [6.45, 7) is 4.83. The van der Waals surface area contributed by atoms with Crippen LogP contribution >= 0.6 is 0 Å². The lowest BCUT2D eigenvalue weighted by Crippen LogP contribution is -2.28. The van der Waals surface area contributed by atoms with Gasteiger partial charge in [0.05, 0.1) is 7.11 Å². The number of carbonyl (C=O) groups excluding carboxylic acids is 1. The van der Waals surface area contributed by atoms with Crippen LogP contribution in [0.1, 0.15) is 20.8 Å². The average Bonchev–Trinajstić information content (AvgIpc) is 2.11. The smallest absolute Gasteiger partial charge is 0.378 e. The number of carbonyl (C=O) groups is 1. The lowest BCUT2D eigenvalue weighted by molar-refractivity contribution is -0.581. The second-order valence-corrected chi connectivity index (χ2v) is 2.74. The number of hydrogen-bond donors (Lipinski definition) is 0. The number of rotatable bonds is 4. The first-order valence-electron chi connectivity index (χ1n) is 3.90. The minimum Gasteiger partial charge on any atom is -0.597 e. The Morgan fingerprint density at radius 2 is 2.00 bits per heavy atom. The Bertz CT molecular complexity index is 203. The van der Waals surface area contributed by atoms with E-state index in [1.807, 2.05) is 0 Å². The first-order valence-corrected chi connectivity index (χ1v) is 3.90. The van der Waals surface area contributed by atoms with E-state index in [0.29, 0.717) is 0 Å². The highest BCUT2D eigenvalue weighted by Crippen LogP contribution is 1.96. The van der Waals surface area contributed by atoms with E-state index in [-0.39, 0.29) is 11.0 Å². The molecule has 0 aromatic heterocycles. The van der Waals surface area contributed by atoms with Crippen molar-refractivity contribution in [2.45, 2.75) is 32.9 Å². The highest BCUT2D eigenvalue weighted by Gasteiger charge is 2.23. The molecule has 0 aliphatic carbocycles. The zero-order valence-electron chi connectivity index (χ0n) is 8.18. The van der Waals surface area contributed by atoms with Crippen molar-refractivity contribution >= 4 is 5.97 Å². The van der Waals surface area contributed by atoms with E-state index < -0.39 is 12.0 Å². The summed E-state index contributed by atoms with van der Waals surface area (Å²) in [4.78, 5) is 15.6. The maximum Gasteiger partial charge on any atom is 0.378 e. The SMILES string of the molecule is COC(=O)C(C)/[N+]([O-])=N\OC(C)C. The van der Waals surface area contributed by atoms with Crippen molar-refractivity contribution in [3.8, 4) is 0 Å². The fraction of sp³-hybridized carbons (Fsp3) is 0.857. The molecule has 0 N–H and O–H groups in total. The van der Waals surface area contributed by atoms with Crippen LogP contribution in [-0.2, 0) is 14.4 Å². The summed E-state index contributed by atoms with van der Waals surface area (Å²) >= 11 is 0. The molecule has 6 nitrogen and oxygen atoms in total. The minimum absolute atomic E-state index is 0.172. The molecule has 6 heteroatoms. The van der Waals surface area contributed by atoms with Crippen LogP contribution in [0.4, 0.5) is 0 Å². The number of hydroxylamine groups is 1. The van der Waals surface area contributed by atoms with Crippen LogP contribution in [0.5, 0.6) is 0 Å². The van der Waals surface area contributed by atoms with Gasteiger partial charge >= 0.3 is 5.97 Å². The molecule has 76 valence electrons. The summed E-state index contributed by atoms with van der Waals surface area (Å²) in [5.74, 6) is -0.647. The number of ether oxygens (including phenoxy) is 1. The molecule has 0 aromatic carbocycles. The Labute approximate surface area is 76.7 Å². The van der Waals surface area contributed by atoms with Crippen molar-refractivity contribution in [2.24, 2.45) is 5.28 Å². The molecule has 0 saturated carbocycles. The van der Waals surface area contributed by atoms with Crippen molar-refractivity contribution in [1.29, 1.82) is 0 Å². The largest absolute Gasteiger partial charge is 0.597 e. The molecule has 0 rings (SSSR count). The standard InChI is InChI=1S/C7H14N2O4/c1-5(2)13-8-9(11)6(3)7(10)12-4/h5-6H,1-4H3/b9-8+. The molecule has 0 bridgehead atoms. The number of nitrogens with zero attached hydrogens (tertiary/aromatic N) is 2. The normalized spacial score (nSPS) is 14.1. The molecule has 0 saturated heterocycles. The quantitative estimate of drug-likeness (QED) is 0.285. The van der Waals surface area contributed by atoms with E-state index in [4.69, 9.17) is 0 Å². The third kappa shape index (κ3) is 4.29. The topological polar surface area (TPSA) is 74.0 Å². The molecule has 0 radical (unpaired) electrons. The van der Waals surface area contributed by atoms with E-state index in [0.717, 1.165) is 0 Å². The van der Waals surface area contributed by atoms with Gasteiger partial charge in [0.2, 0.25) is 5.28 Å². The van der Waals surface area contributed by atoms with Crippen LogP contribution in [0.2, 0.25) is 0 Å². The van der Waals surface area contributed by atoms with Crippen molar-refractivity contribution in [3.63, 3.8) is 0 Å². The number of methoxy groups -OCH3 is 1. The van der Waals surface area contributed by atoms with Crippen molar-refractivity contribution in [2.75, 3.05) is 7.11 Å². The van der Waals surface area contributed by atoms with Gasteiger partial charge in [-0.25, -0.2) is 4.79 Å². The molecule has 1 atom stereocenters. The zero-order chi connectivity index (χ0) is 10.4. The Morgan fingerprint density at radius 3 is 2.38 bits per heavy atom. The fourth-order valence-electron chi connectivity index (χ4n) is 0.472. The molecule has 0 heterocycles. The predicted octanol–water partition coefficient (Wildman–Crippen LogP) is 0.850. The highest BCUT2D eigenvalue weighted by atomic mass is 16.7. The summed E-state index contributed by atoms with van der Waals surface area (Å²) in [6, 6.07) is -0.983. The van der Waals surface area contributed by atoms with Crippen LogP contribution in [0, 0.1) is 5.21 Å². The molecule has 0 spiro atoms. The Kier molecular flexibility index (Phi) is 4.79. The van der Waals surface area contributed by atoms with E-state index in [9.17, 15) is 10.0 Å². The van der Waals surface area contributed by atoms with E-state index >= 15 is 0 Å². The van der Waals surface area contributed by atoms with Gasteiger partial charge in [-0.15, -0.1) is 0 Å². The molecule has 0 amide bonds. The third-order valence-corrected chi connectivity index (χ3v) is 1.21. The molecule has 0 aliphatic heterocycles. The molecular formula is C7H14N2O4. The molecule has 13 heavy (non-hydrogen) atoms. The van der Waals surface area contributed by atoms with Crippen molar-refractivity contribution in [3.05, 3.63) is 5.21 Å². The molecule has 1 unspecified atom stereocenters. The second kappa shape index (κ2) is 5.34. The van der Waals surface area contributed by atoms with E-state index in [2.05, 4.69) is 14.9 Å². The molecule has 0 aliphatic rings. The Morgan fingerprint density at radius 1 is 1.46 bits per heavy atom. The number of esters is 1. The third-order valence-electron chi connectivity index (χ3n) is 1.21. The number of hydrogen-bond acceptors (Lipinski definition) is 5. The van der Waals surface area contributed by atoms with Gasteiger partial charge in [-0.1, -0.05) is 0 Å². The minimum atomic E-state index is -0.983. The maximum atomic E-state index is 11.0. The van der Waals surface area contributed by atoms with Gasteiger partial charge in [0.1, 0.15) is 6.10 Å². The Hall–Kier alpha value is -1.33. The fourth-order valence-corrected chi connectivity index (χ4v) is 0.472. The van der Waals surface area contributed by atoms with Gasteiger partial charge in [0.25, 0.3) is 6.04 Å². The predicted molar refractivity (Wildman–Crippen MR) is 43.8 cm³/mol. The first-order chi connectivity index (χ1) is 5.99. The van der Waals surface area contributed by atoms with Crippen molar-refractivity contribution in [1.82, 2.24) is 0 Å². The van der Waals surface area contributed by atoms with Gasteiger partial charge < -0.3 is 14.8 Å². The van der Waals surface area contributed by atoms with Gasteiger partial charge in [-0.05, 0) is 18.7 Å². The summed E-state index contributed by atoms with van der Waals surface area (Å²) in [5.41, 5.74) is 0. The second-order valence-electron chi connectivity index (χ2n) is 2.74. The lowest BCUT2D eigenvalue weighted by atomic mass is 10.4.